The number of rotatable bonds is 3. The molecule has 0 spiro atoms. The molecule has 0 saturated heterocycles. The van der Waals surface area contributed by atoms with E-state index in [2.05, 4.69) is 4.98 Å². The molecule has 2 rings (SSSR count). The maximum atomic E-state index is 11.2. The molecule has 1 aromatic rings. The van der Waals surface area contributed by atoms with E-state index in [1.807, 2.05) is 11.9 Å². The number of pyridine rings is 1. The molecule has 2 unspecified atom stereocenters. The van der Waals surface area contributed by atoms with E-state index in [0.29, 0.717) is 0 Å². The number of anilines is 1. The predicted octanol–water partition coefficient (Wildman–Crippen LogP) is 0.435. The normalized spacial score (nSPS) is 24.2. The van der Waals surface area contributed by atoms with Crippen LogP contribution < -0.4 is 15.8 Å². The van der Waals surface area contributed by atoms with E-state index in [-0.39, 0.29) is 17.0 Å². The van der Waals surface area contributed by atoms with E-state index in [4.69, 9.17) is 10.9 Å². The van der Waals surface area contributed by atoms with E-state index in [0.717, 1.165) is 25.1 Å². The van der Waals surface area contributed by atoms with Gasteiger partial charge >= 0.3 is 0 Å². The quantitative estimate of drug-likeness (QED) is 0.838. The molecule has 2 atom stereocenters. The van der Waals surface area contributed by atoms with Gasteiger partial charge in [0.1, 0.15) is 10.7 Å². The zero-order valence-electron chi connectivity index (χ0n) is 11.0. The molecule has 0 aliphatic heterocycles. The SMILES string of the molecule is CN(c1ccc(S(N)(=O)=O)cn1)C1CCCCC1N. The maximum Gasteiger partial charge on any atom is 0.239 e. The Morgan fingerprint density at radius 3 is 2.53 bits per heavy atom. The Kier molecular flexibility index (Phi) is 4.07. The van der Waals surface area contributed by atoms with Crippen LogP contribution in [0.15, 0.2) is 23.2 Å². The van der Waals surface area contributed by atoms with Gasteiger partial charge in [-0.25, -0.2) is 18.5 Å². The lowest BCUT2D eigenvalue weighted by molar-refractivity contribution is 0.372. The van der Waals surface area contributed by atoms with Gasteiger partial charge in [0.2, 0.25) is 10.0 Å². The van der Waals surface area contributed by atoms with Crippen LogP contribution in [0.1, 0.15) is 25.7 Å². The van der Waals surface area contributed by atoms with Crippen molar-refractivity contribution in [2.45, 2.75) is 42.7 Å². The Bertz CT molecular complexity index is 529. The van der Waals surface area contributed by atoms with E-state index < -0.39 is 10.0 Å². The van der Waals surface area contributed by atoms with Crippen LogP contribution in [0, 0.1) is 0 Å². The van der Waals surface area contributed by atoms with Crippen LogP contribution in [0.4, 0.5) is 5.82 Å². The number of aromatic nitrogens is 1. The lowest BCUT2D eigenvalue weighted by atomic mass is 9.90. The Morgan fingerprint density at radius 1 is 1.32 bits per heavy atom. The van der Waals surface area contributed by atoms with E-state index in [9.17, 15) is 8.42 Å². The summed E-state index contributed by atoms with van der Waals surface area (Å²) < 4.78 is 22.3. The zero-order valence-corrected chi connectivity index (χ0v) is 11.8. The minimum absolute atomic E-state index is 0.0255. The Hall–Kier alpha value is -1.18. The van der Waals surface area contributed by atoms with Crippen molar-refractivity contribution in [2.24, 2.45) is 10.9 Å². The Labute approximate surface area is 113 Å². The standard InChI is InChI=1S/C12H20N4O2S/c1-16(11-5-3-2-4-10(11)13)12-7-6-9(8-15-12)19(14,17)18/h6-8,10-11H,2-5,13H2,1H3,(H2,14,17,18). The third kappa shape index (κ3) is 3.23. The molecule has 0 bridgehead atoms. The molecule has 1 aliphatic carbocycles. The highest BCUT2D eigenvalue weighted by atomic mass is 32.2. The lowest BCUT2D eigenvalue weighted by Crippen LogP contribution is -2.48. The molecular weight excluding hydrogens is 264 g/mol. The number of hydrogen-bond donors (Lipinski definition) is 2. The molecule has 0 amide bonds. The highest BCUT2D eigenvalue weighted by Gasteiger charge is 2.26. The van der Waals surface area contributed by atoms with Crippen molar-refractivity contribution in [1.82, 2.24) is 4.98 Å². The van der Waals surface area contributed by atoms with Crippen molar-refractivity contribution in [2.75, 3.05) is 11.9 Å². The third-order valence-corrected chi connectivity index (χ3v) is 4.59. The summed E-state index contributed by atoms with van der Waals surface area (Å²) in [6.45, 7) is 0. The van der Waals surface area contributed by atoms with Gasteiger partial charge in [0.25, 0.3) is 0 Å². The first-order chi connectivity index (χ1) is 8.89. The third-order valence-electron chi connectivity index (χ3n) is 3.69. The first-order valence-corrected chi connectivity index (χ1v) is 7.91. The molecule has 0 aromatic carbocycles. The van der Waals surface area contributed by atoms with Crippen LogP contribution in [-0.4, -0.2) is 32.5 Å². The molecule has 1 fully saturated rings. The maximum absolute atomic E-state index is 11.2. The number of likely N-dealkylation sites (N-methyl/N-ethyl adjacent to an activating group) is 1. The van der Waals surface area contributed by atoms with Crippen LogP contribution in [0.5, 0.6) is 0 Å². The number of hydrogen-bond acceptors (Lipinski definition) is 5. The molecule has 6 nitrogen and oxygen atoms in total. The van der Waals surface area contributed by atoms with Gasteiger partial charge in [0.05, 0.1) is 0 Å². The van der Waals surface area contributed by atoms with Gasteiger partial charge in [-0.2, -0.15) is 0 Å². The molecule has 0 radical (unpaired) electrons. The molecule has 7 heteroatoms. The number of nitrogens with two attached hydrogens (primary N) is 2. The second-order valence-corrected chi connectivity index (χ2v) is 6.59. The van der Waals surface area contributed by atoms with Gasteiger partial charge in [-0.1, -0.05) is 12.8 Å². The fraction of sp³-hybridized carbons (Fsp3) is 0.583. The van der Waals surface area contributed by atoms with Gasteiger partial charge in [-0.15, -0.1) is 0 Å². The second-order valence-electron chi connectivity index (χ2n) is 5.02. The minimum Gasteiger partial charge on any atom is -0.355 e. The molecule has 4 N–H and O–H groups in total. The topological polar surface area (TPSA) is 102 Å². The molecule has 106 valence electrons. The molecule has 1 aliphatic rings. The summed E-state index contributed by atoms with van der Waals surface area (Å²) in [5, 5.41) is 5.05. The first kappa shape index (κ1) is 14.2. The Balaban J connectivity index is 2.17. The minimum atomic E-state index is -3.69. The molecule has 19 heavy (non-hydrogen) atoms. The highest BCUT2D eigenvalue weighted by molar-refractivity contribution is 7.89. The fourth-order valence-electron chi connectivity index (χ4n) is 2.54. The van der Waals surface area contributed by atoms with Gasteiger partial charge in [-0.3, -0.25) is 0 Å². The summed E-state index contributed by atoms with van der Waals surface area (Å²) in [4.78, 5) is 6.22. The monoisotopic (exact) mass is 284 g/mol. The lowest BCUT2D eigenvalue weighted by Gasteiger charge is -2.36. The van der Waals surface area contributed by atoms with Crippen molar-refractivity contribution in [3.63, 3.8) is 0 Å². The van der Waals surface area contributed by atoms with Crippen LogP contribution in [0.2, 0.25) is 0 Å². The Morgan fingerprint density at radius 2 is 2.00 bits per heavy atom. The molecule has 1 saturated carbocycles. The number of sulfonamides is 1. The highest BCUT2D eigenvalue weighted by Crippen LogP contribution is 2.24. The number of nitrogens with zero attached hydrogens (tertiary/aromatic N) is 2. The summed E-state index contributed by atoms with van der Waals surface area (Å²) in [5.74, 6) is 0.717. The van der Waals surface area contributed by atoms with Gasteiger partial charge in [-0.05, 0) is 25.0 Å². The van der Waals surface area contributed by atoms with E-state index in [1.54, 1.807) is 6.07 Å². The summed E-state index contributed by atoms with van der Waals surface area (Å²) in [6.07, 6.45) is 5.68. The summed E-state index contributed by atoms with van der Waals surface area (Å²) in [5.41, 5.74) is 6.13. The van der Waals surface area contributed by atoms with E-state index >= 15 is 0 Å². The first-order valence-electron chi connectivity index (χ1n) is 6.37. The molecule has 1 aromatic heterocycles. The van der Waals surface area contributed by atoms with Gasteiger partial charge in [0.15, 0.2) is 0 Å². The van der Waals surface area contributed by atoms with Crippen LogP contribution in [-0.2, 0) is 10.0 Å². The largest absolute Gasteiger partial charge is 0.355 e. The summed E-state index contributed by atoms with van der Waals surface area (Å²) in [7, 11) is -1.75. The average molecular weight is 284 g/mol. The summed E-state index contributed by atoms with van der Waals surface area (Å²) in [6, 6.07) is 3.53. The average Bonchev–Trinajstić information content (AvgIpc) is 2.38. The van der Waals surface area contributed by atoms with Crippen molar-refractivity contribution >= 4 is 15.8 Å². The van der Waals surface area contributed by atoms with E-state index in [1.165, 1.54) is 18.7 Å². The molecule has 1 heterocycles. The molecular formula is C12H20N4O2S. The van der Waals surface area contributed by atoms with Crippen LogP contribution in [0.3, 0.4) is 0 Å². The van der Waals surface area contributed by atoms with Crippen LogP contribution >= 0.6 is 0 Å². The van der Waals surface area contributed by atoms with Crippen molar-refractivity contribution in [3.8, 4) is 0 Å². The summed E-state index contributed by atoms with van der Waals surface area (Å²) >= 11 is 0. The van der Waals surface area contributed by atoms with Crippen LogP contribution in [0.25, 0.3) is 0 Å². The zero-order chi connectivity index (χ0) is 14.0. The van der Waals surface area contributed by atoms with Gasteiger partial charge < -0.3 is 10.6 Å². The van der Waals surface area contributed by atoms with Crippen molar-refractivity contribution < 1.29 is 8.42 Å². The smallest absolute Gasteiger partial charge is 0.239 e. The van der Waals surface area contributed by atoms with Gasteiger partial charge in [0, 0.05) is 25.3 Å². The second kappa shape index (κ2) is 5.44. The van der Waals surface area contributed by atoms with Crippen molar-refractivity contribution in [1.29, 1.82) is 0 Å². The predicted molar refractivity (Wildman–Crippen MR) is 74.2 cm³/mol. The fourth-order valence-corrected chi connectivity index (χ4v) is 3.00. The van der Waals surface area contributed by atoms with Crippen molar-refractivity contribution in [3.05, 3.63) is 18.3 Å². The number of primary sulfonamides is 1.